The van der Waals surface area contributed by atoms with E-state index in [9.17, 15) is 9.59 Å². The molecule has 126 valence electrons. The molecule has 0 aliphatic carbocycles. The first-order valence-corrected chi connectivity index (χ1v) is 8.56. The van der Waals surface area contributed by atoms with Gasteiger partial charge in [-0.25, -0.2) is 0 Å². The first-order chi connectivity index (χ1) is 10.4. The van der Waals surface area contributed by atoms with Crippen molar-refractivity contribution in [3.05, 3.63) is 0 Å². The van der Waals surface area contributed by atoms with Gasteiger partial charge in [0.05, 0.1) is 12.6 Å². The second kappa shape index (κ2) is 7.55. The fourth-order valence-electron chi connectivity index (χ4n) is 3.42. The van der Waals surface area contributed by atoms with E-state index in [0.29, 0.717) is 6.54 Å². The summed E-state index contributed by atoms with van der Waals surface area (Å²) < 4.78 is 0. The van der Waals surface area contributed by atoms with Crippen molar-refractivity contribution in [1.82, 2.24) is 15.5 Å². The quantitative estimate of drug-likeness (QED) is 0.720. The van der Waals surface area contributed by atoms with E-state index < -0.39 is 6.04 Å². The predicted molar refractivity (Wildman–Crippen MR) is 87.6 cm³/mol. The first kappa shape index (κ1) is 17.4. The lowest BCUT2D eigenvalue weighted by atomic mass is 9.84. The van der Waals surface area contributed by atoms with E-state index in [1.165, 1.54) is 19.3 Å². The molecule has 2 heterocycles. The Kier molecular flexibility index (Phi) is 5.98. The van der Waals surface area contributed by atoms with Gasteiger partial charge in [-0.3, -0.25) is 9.69 Å². The lowest BCUT2D eigenvalue weighted by Crippen LogP contribution is -2.54. The molecule has 2 N–H and O–H groups in total. The van der Waals surface area contributed by atoms with Crippen molar-refractivity contribution < 1.29 is 9.59 Å². The van der Waals surface area contributed by atoms with Crippen molar-refractivity contribution in [2.24, 2.45) is 17.3 Å². The van der Waals surface area contributed by atoms with Crippen LogP contribution in [-0.2, 0) is 9.59 Å². The molecule has 5 heteroatoms. The standard InChI is InChI=1S/C17H31N3O2/c1-17(2,3)15(12-21)19-16(22)11-20-9-14(10-20)8-13-4-6-18-7-5-13/h12-15,18H,4-11H2,1-3H3,(H,19,22). The lowest BCUT2D eigenvalue weighted by Gasteiger charge is -2.41. The molecular weight excluding hydrogens is 278 g/mol. The fourth-order valence-corrected chi connectivity index (χ4v) is 3.42. The molecule has 5 nitrogen and oxygen atoms in total. The van der Waals surface area contributed by atoms with Crippen molar-refractivity contribution in [2.75, 3.05) is 32.7 Å². The molecule has 2 rings (SSSR count). The van der Waals surface area contributed by atoms with E-state index in [1.807, 2.05) is 20.8 Å². The molecule has 0 bridgehead atoms. The topological polar surface area (TPSA) is 61.4 Å². The molecule has 2 fully saturated rings. The molecule has 1 atom stereocenters. The van der Waals surface area contributed by atoms with Gasteiger partial charge in [-0.05, 0) is 49.6 Å². The summed E-state index contributed by atoms with van der Waals surface area (Å²) in [6.07, 6.45) is 4.74. The number of rotatable bonds is 6. The van der Waals surface area contributed by atoms with Crippen LogP contribution in [0.3, 0.4) is 0 Å². The SMILES string of the molecule is CC(C)(C)C(C=O)NC(=O)CN1CC(CC2CCNCC2)C1. The first-order valence-electron chi connectivity index (χ1n) is 8.56. The Morgan fingerprint density at radius 2 is 1.91 bits per heavy atom. The van der Waals surface area contributed by atoms with Gasteiger partial charge in [-0.1, -0.05) is 20.8 Å². The minimum Gasteiger partial charge on any atom is -0.345 e. The van der Waals surface area contributed by atoms with Crippen LogP contribution in [0.15, 0.2) is 0 Å². The van der Waals surface area contributed by atoms with E-state index in [1.54, 1.807) is 0 Å². The Labute approximate surface area is 134 Å². The van der Waals surface area contributed by atoms with Crippen LogP contribution in [0, 0.1) is 17.3 Å². The van der Waals surface area contributed by atoms with E-state index in [2.05, 4.69) is 15.5 Å². The zero-order chi connectivity index (χ0) is 16.2. The monoisotopic (exact) mass is 309 g/mol. The third-order valence-electron chi connectivity index (χ3n) is 4.91. The molecule has 22 heavy (non-hydrogen) atoms. The highest BCUT2D eigenvalue weighted by atomic mass is 16.2. The minimum atomic E-state index is -0.410. The summed E-state index contributed by atoms with van der Waals surface area (Å²) in [5.41, 5.74) is -0.232. The summed E-state index contributed by atoms with van der Waals surface area (Å²) in [7, 11) is 0. The molecule has 1 unspecified atom stereocenters. The number of hydrogen-bond donors (Lipinski definition) is 2. The number of carbonyl (C=O) groups excluding carboxylic acids is 2. The predicted octanol–water partition coefficient (Wildman–Crippen LogP) is 1.04. The van der Waals surface area contributed by atoms with Gasteiger partial charge in [0.15, 0.2) is 0 Å². The highest BCUT2D eigenvalue weighted by Gasteiger charge is 2.32. The molecule has 0 aromatic carbocycles. The summed E-state index contributed by atoms with van der Waals surface area (Å²) >= 11 is 0. The Morgan fingerprint density at radius 1 is 1.27 bits per heavy atom. The van der Waals surface area contributed by atoms with Crippen molar-refractivity contribution in [3.8, 4) is 0 Å². The largest absolute Gasteiger partial charge is 0.345 e. The summed E-state index contributed by atoms with van der Waals surface area (Å²) in [4.78, 5) is 25.3. The van der Waals surface area contributed by atoms with Gasteiger partial charge in [-0.15, -0.1) is 0 Å². The van der Waals surface area contributed by atoms with Crippen LogP contribution < -0.4 is 10.6 Å². The van der Waals surface area contributed by atoms with Crippen LogP contribution in [0.1, 0.15) is 40.0 Å². The number of carbonyl (C=O) groups is 2. The normalized spacial score (nSPS) is 22.9. The van der Waals surface area contributed by atoms with Gasteiger partial charge >= 0.3 is 0 Å². The summed E-state index contributed by atoms with van der Waals surface area (Å²) in [6.45, 7) is 10.7. The van der Waals surface area contributed by atoms with Crippen LogP contribution in [-0.4, -0.2) is 55.9 Å². The van der Waals surface area contributed by atoms with Gasteiger partial charge in [0.25, 0.3) is 0 Å². The summed E-state index contributed by atoms with van der Waals surface area (Å²) in [6, 6.07) is -0.410. The van der Waals surface area contributed by atoms with Crippen molar-refractivity contribution in [1.29, 1.82) is 0 Å². The Bertz CT molecular complexity index is 380. The van der Waals surface area contributed by atoms with Crippen LogP contribution in [0.5, 0.6) is 0 Å². The number of hydrogen-bond acceptors (Lipinski definition) is 4. The zero-order valence-corrected chi connectivity index (χ0v) is 14.2. The maximum Gasteiger partial charge on any atom is 0.234 e. The van der Waals surface area contributed by atoms with Crippen LogP contribution in [0.4, 0.5) is 0 Å². The van der Waals surface area contributed by atoms with Crippen LogP contribution in [0.2, 0.25) is 0 Å². The Morgan fingerprint density at radius 3 is 2.45 bits per heavy atom. The molecule has 2 aliphatic heterocycles. The molecule has 1 amide bonds. The zero-order valence-electron chi connectivity index (χ0n) is 14.2. The molecule has 0 aromatic rings. The minimum absolute atomic E-state index is 0.0349. The highest BCUT2D eigenvalue weighted by molar-refractivity contribution is 5.81. The van der Waals surface area contributed by atoms with Crippen molar-refractivity contribution in [2.45, 2.75) is 46.1 Å². The van der Waals surface area contributed by atoms with Crippen LogP contribution >= 0.6 is 0 Å². The van der Waals surface area contributed by atoms with Gasteiger partial charge in [0.1, 0.15) is 6.29 Å². The Balaban J connectivity index is 1.64. The van der Waals surface area contributed by atoms with Crippen molar-refractivity contribution >= 4 is 12.2 Å². The van der Waals surface area contributed by atoms with Gasteiger partial charge in [0.2, 0.25) is 5.91 Å². The second-order valence-electron chi connectivity index (χ2n) is 8.04. The van der Waals surface area contributed by atoms with Gasteiger partial charge in [0, 0.05) is 13.1 Å². The fraction of sp³-hybridized carbons (Fsp3) is 0.882. The van der Waals surface area contributed by atoms with E-state index >= 15 is 0 Å². The van der Waals surface area contributed by atoms with Gasteiger partial charge in [-0.2, -0.15) is 0 Å². The maximum atomic E-state index is 12.0. The van der Waals surface area contributed by atoms with E-state index in [0.717, 1.165) is 44.3 Å². The number of piperidine rings is 1. The number of nitrogens with one attached hydrogen (secondary N) is 2. The van der Waals surface area contributed by atoms with E-state index in [4.69, 9.17) is 0 Å². The average molecular weight is 309 g/mol. The molecule has 2 saturated heterocycles. The average Bonchev–Trinajstić information content (AvgIpc) is 2.42. The van der Waals surface area contributed by atoms with Gasteiger partial charge < -0.3 is 15.4 Å². The smallest absolute Gasteiger partial charge is 0.234 e. The lowest BCUT2D eigenvalue weighted by molar-refractivity contribution is -0.128. The maximum absolute atomic E-state index is 12.0. The molecule has 0 aromatic heterocycles. The van der Waals surface area contributed by atoms with Crippen LogP contribution in [0.25, 0.3) is 0 Å². The molecule has 2 aliphatic rings. The third-order valence-corrected chi connectivity index (χ3v) is 4.91. The third kappa shape index (κ3) is 5.06. The number of nitrogens with zero attached hydrogens (tertiary/aromatic N) is 1. The molecular formula is C17H31N3O2. The summed E-state index contributed by atoms with van der Waals surface area (Å²) in [5.74, 6) is 1.58. The molecule has 0 spiro atoms. The number of amides is 1. The second-order valence-corrected chi connectivity index (χ2v) is 8.04. The summed E-state index contributed by atoms with van der Waals surface area (Å²) in [5, 5.41) is 6.25. The highest BCUT2D eigenvalue weighted by Crippen LogP contribution is 2.27. The van der Waals surface area contributed by atoms with E-state index in [-0.39, 0.29) is 11.3 Å². The Hall–Kier alpha value is -0.940. The van der Waals surface area contributed by atoms with Crippen molar-refractivity contribution in [3.63, 3.8) is 0 Å². The number of likely N-dealkylation sites (tertiary alicyclic amines) is 1. The number of aldehydes is 1. The molecule has 0 saturated carbocycles. The molecule has 0 radical (unpaired) electrons.